The van der Waals surface area contributed by atoms with Crippen molar-refractivity contribution in [2.75, 3.05) is 18.6 Å². The monoisotopic (exact) mass is 319 g/mol. The van der Waals surface area contributed by atoms with E-state index < -0.39 is 21.8 Å². The first-order chi connectivity index (χ1) is 9.76. The van der Waals surface area contributed by atoms with Crippen LogP contribution in [-0.2, 0) is 27.7 Å². The molecule has 1 aromatic heterocycles. The maximum Gasteiger partial charge on any atom is 0.325 e. The molecule has 0 aliphatic rings. The molecule has 0 unspecified atom stereocenters. The molecule has 0 fully saturated rings. The fraction of sp³-hybridized carbons (Fsp3) is 0.600. The number of carbonyl (C=O) groups is 2. The Hall–Kier alpha value is -2.17. The molecule has 1 rings (SSSR count). The number of nitrogens with one attached hydrogen (secondary N) is 2. The quantitative estimate of drug-likeness (QED) is 0.500. The van der Waals surface area contributed by atoms with Gasteiger partial charge in [-0.3, -0.25) is 4.79 Å². The third-order valence-corrected chi connectivity index (χ3v) is 3.32. The average molecular weight is 319 g/mol. The molecule has 0 bridgehead atoms. The van der Waals surface area contributed by atoms with Crippen LogP contribution < -0.4 is 10.6 Å². The Morgan fingerprint density at radius 1 is 1.38 bits per heavy atom. The zero-order valence-corrected chi connectivity index (χ0v) is 12.3. The Bertz CT molecular complexity index is 597. The van der Waals surface area contributed by atoms with Gasteiger partial charge >= 0.3 is 12.0 Å². The zero-order chi connectivity index (χ0) is 15.9. The highest BCUT2D eigenvalue weighted by Crippen LogP contribution is 1.92. The number of carboxylic acid groups (broad SMARTS) is 1. The lowest BCUT2D eigenvalue weighted by Crippen LogP contribution is -2.36. The van der Waals surface area contributed by atoms with Gasteiger partial charge in [0, 0.05) is 12.8 Å². The first kappa shape index (κ1) is 16.9. The summed E-state index contributed by atoms with van der Waals surface area (Å²) in [6.07, 6.45) is 2.88. The average Bonchev–Trinajstić information content (AvgIpc) is 2.78. The number of rotatable bonds is 8. The number of carboxylic acids is 1. The van der Waals surface area contributed by atoms with Crippen LogP contribution in [0.1, 0.15) is 12.1 Å². The van der Waals surface area contributed by atoms with Crippen molar-refractivity contribution in [2.24, 2.45) is 0 Å². The van der Waals surface area contributed by atoms with Gasteiger partial charge in [0.1, 0.15) is 22.1 Å². The van der Waals surface area contributed by atoms with Crippen LogP contribution in [0.3, 0.4) is 0 Å². The van der Waals surface area contributed by atoms with Gasteiger partial charge in [-0.2, -0.15) is 0 Å². The molecule has 10 nitrogen and oxygen atoms in total. The molecule has 0 aromatic carbocycles. The van der Waals surface area contributed by atoms with Crippen LogP contribution in [-0.4, -0.2) is 59.1 Å². The minimum absolute atomic E-state index is 0.0107. The van der Waals surface area contributed by atoms with Crippen molar-refractivity contribution in [1.29, 1.82) is 0 Å². The predicted molar refractivity (Wildman–Crippen MR) is 72.2 cm³/mol. The summed E-state index contributed by atoms with van der Waals surface area (Å²) in [5.41, 5.74) is 0.419. The number of hydrogen-bond acceptors (Lipinski definition) is 6. The van der Waals surface area contributed by atoms with Crippen molar-refractivity contribution < 1.29 is 23.1 Å². The molecule has 0 saturated heterocycles. The minimum Gasteiger partial charge on any atom is -0.480 e. The van der Waals surface area contributed by atoms with E-state index >= 15 is 0 Å². The van der Waals surface area contributed by atoms with Gasteiger partial charge < -0.3 is 15.7 Å². The first-order valence-corrected chi connectivity index (χ1v) is 8.12. The van der Waals surface area contributed by atoms with E-state index in [1.54, 1.807) is 0 Å². The van der Waals surface area contributed by atoms with E-state index in [1.165, 1.54) is 6.20 Å². The van der Waals surface area contributed by atoms with Crippen molar-refractivity contribution in [3.8, 4) is 0 Å². The van der Waals surface area contributed by atoms with E-state index in [1.807, 2.05) is 0 Å². The van der Waals surface area contributed by atoms with E-state index in [0.29, 0.717) is 12.1 Å². The second-order valence-electron chi connectivity index (χ2n) is 4.39. The summed E-state index contributed by atoms with van der Waals surface area (Å²) in [5, 5.41) is 20.8. The third-order valence-electron chi connectivity index (χ3n) is 2.29. The Morgan fingerprint density at radius 3 is 2.71 bits per heavy atom. The number of aliphatic carboxylic acids is 1. The first-order valence-electron chi connectivity index (χ1n) is 6.06. The van der Waals surface area contributed by atoms with Crippen LogP contribution in [0.25, 0.3) is 0 Å². The van der Waals surface area contributed by atoms with E-state index in [-0.39, 0.29) is 25.4 Å². The van der Waals surface area contributed by atoms with Crippen molar-refractivity contribution in [3.05, 3.63) is 11.9 Å². The molecular formula is C10H17N5O5S. The molecule has 1 aromatic rings. The summed E-state index contributed by atoms with van der Waals surface area (Å²) >= 11 is 0. The van der Waals surface area contributed by atoms with Gasteiger partial charge in [0.15, 0.2) is 0 Å². The van der Waals surface area contributed by atoms with Crippen LogP contribution in [0.2, 0.25) is 0 Å². The number of carbonyl (C=O) groups excluding carboxylic acids is 1. The number of aromatic nitrogens is 3. The molecule has 2 amide bonds. The molecule has 0 aliphatic heterocycles. The van der Waals surface area contributed by atoms with Crippen molar-refractivity contribution >= 4 is 21.8 Å². The molecule has 11 heteroatoms. The molecule has 1 heterocycles. The Balaban J connectivity index is 2.23. The summed E-state index contributed by atoms with van der Waals surface area (Å²) in [5.74, 6) is -1.03. The van der Waals surface area contributed by atoms with Gasteiger partial charge in [0.25, 0.3) is 0 Å². The van der Waals surface area contributed by atoms with E-state index in [9.17, 15) is 18.0 Å². The summed E-state index contributed by atoms with van der Waals surface area (Å²) in [6, 6.07) is -0.462. The van der Waals surface area contributed by atoms with Gasteiger partial charge in [0.05, 0.1) is 18.5 Å². The lowest BCUT2D eigenvalue weighted by Gasteiger charge is -2.05. The van der Waals surface area contributed by atoms with Crippen molar-refractivity contribution in [1.82, 2.24) is 25.6 Å². The fourth-order valence-electron chi connectivity index (χ4n) is 1.41. The Kier molecular flexibility index (Phi) is 6.09. The highest BCUT2D eigenvalue weighted by molar-refractivity contribution is 7.90. The van der Waals surface area contributed by atoms with Gasteiger partial charge in [0.2, 0.25) is 0 Å². The molecule has 21 heavy (non-hydrogen) atoms. The number of urea groups is 1. The SMILES string of the molecule is CS(=O)(=O)CCCNC(=O)NCc1cn(CC(=O)O)nn1. The van der Waals surface area contributed by atoms with E-state index in [2.05, 4.69) is 20.9 Å². The molecule has 0 radical (unpaired) electrons. The number of hydrogen-bond donors (Lipinski definition) is 3. The molecule has 0 spiro atoms. The summed E-state index contributed by atoms with van der Waals surface area (Å²) in [4.78, 5) is 21.9. The fourth-order valence-corrected chi connectivity index (χ4v) is 2.07. The van der Waals surface area contributed by atoms with Gasteiger partial charge in [-0.05, 0) is 6.42 Å². The molecule has 0 atom stereocenters. The van der Waals surface area contributed by atoms with Crippen LogP contribution in [0.4, 0.5) is 4.79 Å². The summed E-state index contributed by atoms with van der Waals surface area (Å²) in [6.45, 7) is 0.0345. The predicted octanol–water partition coefficient (Wildman–Crippen LogP) is -1.40. The molecule has 118 valence electrons. The molecule has 0 aliphatic carbocycles. The minimum atomic E-state index is -3.03. The zero-order valence-electron chi connectivity index (χ0n) is 11.4. The largest absolute Gasteiger partial charge is 0.480 e. The standard InChI is InChI=1S/C10H17N5O5S/c1-21(19,20)4-2-3-11-10(18)12-5-8-6-15(14-13-8)7-9(16)17/h6H,2-5,7H2,1H3,(H,16,17)(H2,11,12,18). The highest BCUT2D eigenvalue weighted by Gasteiger charge is 2.06. The smallest absolute Gasteiger partial charge is 0.325 e. The van der Waals surface area contributed by atoms with Crippen molar-refractivity contribution in [3.63, 3.8) is 0 Å². The van der Waals surface area contributed by atoms with Crippen LogP contribution in [0, 0.1) is 0 Å². The Labute approximate surface area is 121 Å². The van der Waals surface area contributed by atoms with E-state index in [0.717, 1.165) is 10.9 Å². The summed E-state index contributed by atoms with van der Waals surface area (Å²) < 4.78 is 22.9. The van der Waals surface area contributed by atoms with Gasteiger partial charge in [-0.25, -0.2) is 17.9 Å². The Morgan fingerprint density at radius 2 is 2.10 bits per heavy atom. The number of sulfone groups is 1. The third kappa shape index (κ3) is 7.87. The lowest BCUT2D eigenvalue weighted by atomic mass is 10.4. The second kappa shape index (κ2) is 7.57. The van der Waals surface area contributed by atoms with Crippen LogP contribution in [0.15, 0.2) is 6.20 Å². The maximum absolute atomic E-state index is 11.4. The van der Waals surface area contributed by atoms with Gasteiger partial charge in [-0.1, -0.05) is 5.21 Å². The normalized spacial score (nSPS) is 11.1. The topological polar surface area (TPSA) is 143 Å². The van der Waals surface area contributed by atoms with Crippen LogP contribution in [0.5, 0.6) is 0 Å². The highest BCUT2D eigenvalue weighted by atomic mass is 32.2. The number of nitrogens with zero attached hydrogens (tertiary/aromatic N) is 3. The van der Waals surface area contributed by atoms with Crippen LogP contribution >= 0.6 is 0 Å². The van der Waals surface area contributed by atoms with E-state index in [4.69, 9.17) is 5.11 Å². The molecule has 0 saturated carbocycles. The number of amides is 2. The van der Waals surface area contributed by atoms with Crippen molar-refractivity contribution in [2.45, 2.75) is 19.5 Å². The van der Waals surface area contributed by atoms with Gasteiger partial charge in [-0.15, -0.1) is 5.10 Å². The summed E-state index contributed by atoms with van der Waals surface area (Å²) in [7, 11) is -3.03. The lowest BCUT2D eigenvalue weighted by molar-refractivity contribution is -0.137. The maximum atomic E-state index is 11.4. The second-order valence-corrected chi connectivity index (χ2v) is 6.65. The molecule has 3 N–H and O–H groups in total. The molecular weight excluding hydrogens is 302 g/mol.